The molecule has 1 aromatic rings. The van der Waals surface area contributed by atoms with Crippen LogP contribution in [0.15, 0.2) is 12.1 Å². The fourth-order valence-corrected chi connectivity index (χ4v) is 6.28. The van der Waals surface area contributed by atoms with E-state index in [1.165, 1.54) is 17.0 Å². The van der Waals surface area contributed by atoms with E-state index >= 15 is 0 Å². The summed E-state index contributed by atoms with van der Waals surface area (Å²) in [6.45, 7) is 0.462. The van der Waals surface area contributed by atoms with Gasteiger partial charge in [-0.1, -0.05) is 0 Å². The Morgan fingerprint density at radius 3 is 2.77 bits per heavy atom. The fraction of sp³-hybridized carbons (Fsp3) is 0.529. The maximum atomic E-state index is 14.3. The topological polar surface area (TPSA) is 95.6 Å². The molecule has 140 valence electrons. The van der Waals surface area contributed by atoms with Gasteiger partial charge in [0.1, 0.15) is 5.82 Å². The summed E-state index contributed by atoms with van der Waals surface area (Å²) in [7, 11) is -3.17. The van der Waals surface area contributed by atoms with Crippen molar-refractivity contribution in [3.05, 3.63) is 23.5 Å². The van der Waals surface area contributed by atoms with Crippen molar-refractivity contribution >= 4 is 33.2 Å². The minimum absolute atomic E-state index is 0.0202. The van der Waals surface area contributed by atoms with E-state index in [0.29, 0.717) is 49.9 Å². The number of carbonyl (C=O) groups excluding carboxylic acids is 2. The molecule has 9 heteroatoms. The average molecular weight is 381 g/mol. The van der Waals surface area contributed by atoms with Gasteiger partial charge in [-0.3, -0.25) is 4.79 Å². The number of aryl methyl sites for hydroxylation is 1. The highest BCUT2D eigenvalue weighted by Crippen LogP contribution is 2.33. The summed E-state index contributed by atoms with van der Waals surface area (Å²) >= 11 is 0. The molecule has 1 aromatic carbocycles. The second-order valence-corrected chi connectivity index (χ2v) is 9.62. The molecule has 2 N–H and O–H groups in total. The lowest BCUT2D eigenvalue weighted by Crippen LogP contribution is -2.40. The van der Waals surface area contributed by atoms with Gasteiger partial charge in [-0.25, -0.2) is 17.6 Å². The van der Waals surface area contributed by atoms with Crippen molar-refractivity contribution in [3.8, 4) is 0 Å². The molecule has 2 fully saturated rings. The largest absolute Gasteiger partial charge is 0.326 e. The number of sulfone groups is 1. The molecule has 2 bridgehead atoms. The zero-order chi connectivity index (χ0) is 18.5. The Morgan fingerprint density at radius 1 is 1.19 bits per heavy atom. The maximum Gasteiger partial charge on any atom is 0.321 e. The molecule has 3 aliphatic heterocycles. The van der Waals surface area contributed by atoms with Gasteiger partial charge in [0, 0.05) is 25.2 Å². The van der Waals surface area contributed by atoms with Crippen LogP contribution in [0.3, 0.4) is 0 Å². The maximum absolute atomic E-state index is 14.3. The highest BCUT2D eigenvalue weighted by Gasteiger charge is 2.44. The Morgan fingerprint density at radius 2 is 1.96 bits per heavy atom. The van der Waals surface area contributed by atoms with Gasteiger partial charge in [-0.05, 0) is 43.4 Å². The van der Waals surface area contributed by atoms with E-state index in [4.69, 9.17) is 0 Å². The number of anilines is 2. The zero-order valence-electron chi connectivity index (χ0n) is 14.1. The lowest BCUT2D eigenvalue weighted by Gasteiger charge is -2.25. The molecule has 0 aliphatic carbocycles. The van der Waals surface area contributed by atoms with Crippen LogP contribution in [0, 0.1) is 5.82 Å². The highest BCUT2D eigenvalue weighted by molar-refractivity contribution is 7.93. The summed E-state index contributed by atoms with van der Waals surface area (Å²) in [5.74, 6) is -0.715. The lowest BCUT2D eigenvalue weighted by molar-refractivity contribution is -0.116. The van der Waals surface area contributed by atoms with Gasteiger partial charge in [-0.15, -0.1) is 0 Å². The van der Waals surface area contributed by atoms with Crippen LogP contribution in [0.4, 0.5) is 20.6 Å². The molecule has 3 amide bonds. The molecule has 2 unspecified atom stereocenters. The quantitative estimate of drug-likeness (QED) is 0.777. The number of likely N-dealkylation sites (tertiary alicyclic amines) is 1. The van der Waals surface area contributed by atoms with Crippen LogP contribution in [-0.2, 0) is 21.1 Å². The number of hydrogen-bond acceptors (Lipinski definition) is 4. The summed E-state index contributed by atoms with van der Waals surface area (Å²) in [5, 5.41) is 4.29. The Bertz CT molecular complexity index is 886. The molecular weight excluding hydrogens is 361 g/mol. The van der Waals surface area contributed by atoms with Crippen LogP contribution < -0.4 is 10.6 Å². The van der Waals surface area contributed by atoms with Gasteiger partial charge in [0.05, 0.1) is 16.2 Å². The molecule has 0 spiro atoms. The third-order valence-corrected chi connectivity index (χ3v) is 8.22. The second kappa shape index (κ2) is 6.22. The number of nitrogens with one attached hydrogen (secondary N) is 2. The molecule has 0 saturated carbocycles. The molecule has 0 aromatic heterocycles. The summed E-state index contributed by atoms with van der Waals surface area (Å²) in [5.41, 5.74) is 1.17. The number of urea groups is 1. The van der Waals surface area contributed by atoms with E-state index in [1.54, 1.807) is 0 Å². The van der Waals surface area contributed by atoms with Crippen molar-refractivity contribution in [2.75, 3.05) is 23.7 Å². The number of rotatable bonds is 1. The molecule has 2 saturated heterocycles. The number of carbonyl (C=O) groups is 2. The summed E-state index contributed by atoms with van der Waals surface area (Å²) < 4.78 is 38.9. The number of fused-ring (bicyclic) bond motifs is 3. The third-order valence-electron chi connectivity index (χ3n) is 5.50. The van der Waals surface area contributed by atoms with Crippen LogP contribution >= 0.6 is 0 Å². The van der Waals surface area contributed by atoms with Crippen LogP contribution in [-0.4, -0.2) is 48.8 Å². The van der Waals surface area contributed by atoms with E-state index in [2.05, 4.69) is 10.6 Å². The van der Waals surface area contributed by atoms with Gasteiger partial charge in [0.25, 0.3) is 0 Å². The summed E-state index contributed by atoms with van der Waals surface area (Å²) in [6, 6.07) is 2.22. The SMILES string of the molecule is O=C1CCc2cc(F)c(NC(=O)N3CCC4CCC(C3)S4(=O)=O)cc2N1. The smallest absolute Gasteiger partial charge is 0.321 e. The molecule has 7 nitrogen and oxygen atoms in total. The zero-order valence-corrected chi connectivity index (χ0v) is 14.9. The van der Waals surface area contributed by atoms with E-state index in [1.807, 2.05) is 0 Å². The van der Waals surface area contributed by atoms with Crippen molar-refractivity contribution in [3.63, 3.8) is 0 Å². The van der Waals surface area contributed by atoms with Gasteiger partial charge in [0.2, 0.25) is 5.91 Å². The van der Waals surface area contributed by atoms with E-state index in [-0.39, 0.29) is 23.4 Å². The normalized spacial score (nSPS) is 26.7. The minimum Gasteiger partial charge on any atom is -0.326 e. The molecule has 3 aliphatic rings. The standard InChI is InChI=1S/C17H20FN3O4S/c18-13-7-10-1-4-16(22)19-14(10)8-15(13)20-17(23)21-6-5-11-2-3-12(9-21)26(11,24)25/h7-8,11-12H,1-6,9H2,(H,19,22)(H,20,23). The van der Waals surface area contributed by atoms with Gasteiger partial charge >= 0.3 is 6.03 Å². The summed E-state index contributed by atoms with van der Waals surface area (Å²) in [4.78, 5) is 25.5. The average Bonchev–Trinajstić information content (AvgIpc) is 2.75. The van der Waals surface area contributed by atoms with Crippen molar-refractivity contribution in [2.24, 2.45) is 0 Å². The number of nitrogens with zero attached hydrogens (tertiary/aromatic N) is 1. The van der Waals surface area contributed by atoms with Gasteiger partial charge in [-0.2, -0.15) is 0 Å². The fourth-order valence-electron chi connectivity index (χ4n) is 3.99. The second-order valence-electron chi connectivity index (χ2n) is 7.11. The van der Waals surface area contributed by atoms with Crippen LogP contribution in [0.25, 0.3) is 0 Å². The Balaban J connectivity index is 1.52. The van der Waals surface area contributed by atoms with Crippen molar-refractivity contribution in [1.82, 2.24) is 4.90 Å². The summed E-state index contributed by atoms with van der Waals surface area (Å²) in [6.07, 6.45) is 2.40. The molecular formula is C17H20FN3O4S. The highest BCUT2D eigenvalue weighted by atomic mass is 32.2. The van der Waals surface area contributed by atoms with Crippen molar-refractivity contribution in [2.45, 2.75) is 42.6 Å². The predicted octanol–water partition coefficient (Wildman–Crippen LogP) is 1.89. The van der Waals surface area contributed by atoms with Crippen LogP contribution in [0.5, 0.6) is 0 Å². The Labute approximate surface area is 150 Å². The van der Waals surface area contributed by atoms with Crippen LogP contribution in [0.2, 0.25) is 0 Å². The van der Waals surface area contributed by atoms with Crippen molar-refractivity contribution in [1.29, 1.82) is 0 Å². The first-order valence-corrected chi connectivity index (χ1v) is 10.4. The lowest BCUT2D eigenvalue weighted by atomic mass is 10.0. The van der Waals surface area contributed by atoms with Gasteiger partial charge in [0.15, 0.2) is 9.84 Å². The molecule has 4 rings (SSSR count). The van der Waals surface area contributed by atoms with Crippen molar-refractivity contribution < 1.29 is 22.4 Å². The van der Waals surface area contributed by atoms with E-state index < -0.39 is 26.9 Å². The Hall–Kier alpha value is -2.16. The van der Waals surface area contributed by atoms with E-state index in [9.17, 15) is 22.4 Å². The number of amides is 3. The number of halogens is 1. The molecule has 0 radical (unpaired) electrons. The molecule has 26 heavy (non-hydrogen) atoms. The Kier molecular flexibility index (Phi) is 4.13. The first kappa shape index (κ1) is 17.3. The minimum atomic E-state index is -3.17. The van der Waals surface area contributed by atoms with Crippen LogP contribution in [0.1, 0.15) is 31.2 Å². The predicted molar refractivity (Wildman–Crippen MR) is 94.3 cm³/mol. The molecule has 3 heterocycles. The third kappa shape index (κ3) is 2.94. The first-order chi connectivity index (χ1) is 12.3. The van der Waals surface area contributed by atoms with Gasteiger partial charge < -0.3 is 15.5 Å². The number of hydrogen-bond donors (Lipinski definition) is 2. The first-order valence-electron chi connectivity index (χ1n) is 8.75. The van der Waals surface area contributed by atoms with E-state index in [0.717, 1.165) is 0 Å². The monoisotopic (exact) mass is 381 g/mol. The number of benzene rings is 1. The molecule has 2 atom stereocenters.